The minimum Gasteiger partial charge on any atom is -0.497 e. The molecule has 6 nitrogen and oxygen atoms in total. The van der Waals surface area contributed by atoms with E-state index >= 15 is 0 Å². The number of nitrogens with one attached hydrogen (secondary N) is 1. The van der Waals surface area contributed by atoms with Crippen LogP contribution in [0.5, 0.6) is 5.75 Å². The molecule has 4 aromatic rings. The van der Waals surface area contributed by atoms with E-state index in [0.717, 1.165) is 39.1 Å². The Hall–Kier alpha value is -3.45. The van der Waals surface area contributed by atoms with Crippen molar-refractivity contribution in [1.29, 1.82) is 0 Å². The van der Waals surface area contributed by atoms with Gasteiger partial charge in [0.05, 0.1) is 36.6 Å². The average Bonchev–Trinajstić information content (AvgIpc) is 3.35. The molecule has 0 unspecified atom stereocenters. The zero-order chi connectivity index (χ0) is 19.3. The third-order valence-corrected chi connectivity index (χ3v) is 5.03. The van der Waals surface area contributed by atoms with E-state index in [2.05, 4.69) is 20.6 Å². The predicted molar refractivity (Wildman–Crippen MR) is 114 cm³/mol. The summed E-state index contributed by atoms with van der Waals surface area (Å²) in [6.45, 7) is 2.05. The van der Waals surface area contributed by atoms with E-state index < -0.39 is 0 Å². The molecule has 0 saturated heterocycles. The Kier molecular flexibility index (Phi) is 5.16. The zero-order valence-corrected chi connectivity index (χ0v) is 16.4. The Morgan fingerprint density at radius 1 is 1.11 bits per heavy atom. The van der Waals surface area contributed by atoms with E-state index in [0.29, 0.717) is 0 Å². The number of nitrogens with zero attached hydrogens (tertiary/aromatic N) is 4. The highest BCUT2D eigenvalue weighted by molar-refractivity contribution is 7.14. The van der Waals surface area contributed by atoms with Gasteiger partial charge in [0.1, 0.15) is 5.75 Å². The lowest BCUT2D eigenvalue weighted by atomic mass is 10.2. The number of benzene rings is 2. The van der Waals surface area contributed by atoms with Gasteiger partial charge in [-0.2, -0.15) is 10.2 Å². The van der Waals surface area contributed by atoms with Crippen molar-refractivity contribution in [2.45, 2.75) is 6.92 Å². The molecule has 7 heteroatoms. The van der Waals surface area contributed by atoms with E-state index in [4.69, 9.17) is 4.74 Å². The van der Waals surface area contributed by atoms with E-state index in [9.17, 15) is 0 Å². The summed E-state index contributed by atoms with van der Waals surface area (Å²) in [5.41, 5.74) is 7.93. The van der Waals surface area contributed by atoms with Crippen molar-refractivity contribution in [2.24, 2.45) is 5.10 Å². The summed E-state index contributed by atoms with van der Waals surface area (Å²) < 4.78 is 7.07. The SMILES string of the molecule is COc1ccc(/C=N/Nc2nc(-c3cnn(-c4ccccc4)c3C)cs2)cc1. The zero-order valence-electron chi connectivity index (χ0n) is 15.5. The molecule has 0 fully saturated rings. The molecule has 0 aliphatic carbocycles. The van der Waals surface area contributed by atoms with Crippen molar-refractivity contribution in [2.75, 3.05) is 12.5 Å². The monoisotopic (exact) mass is 389 g/mol. The molecule has 0 spiro atoms. The van der Waals surface area contributed by atoms with Gasteiger partial charge in [0.2, 0.25) is 5.13 Å². The summed E-state index contributed by atoms with van der Waals surface area (Å²) in [5, 5.41) is 11.5. The number of thiazole rings is 1. The normalized spacial score (nSPS) is 11.1. The summed E-state index contributed by atoms with van der Waals surface area (Å²) in [4.78, 5) is 4.63. The number of hydrogen-bond donors (Lipinski definition) is 1. The molecule has 140 valence electrons. The van der Waals surface area contributed by atoms with Crippen LogP contribution in [0.2, 0.25) is 0 Å². The van der Waals surface area contributed by atoms with E-state index in [1.807, 2.05) is 77.8 Å². The second-order valence-corrected chi connectivity index (χ2v) is 6.93. The molecular formula is C21H19N5OS. The van der Waals surface area contributed by atoms with Crippen molar-refractivity contribution >= 4 is 22.7 Å². The maximum Gasteiger partial charge on any atom is 0.203 e. The standard InChI is InChI=1S/C21H19N5OS/c1-15-19(13-23-26(15)17-6-4-3-5-7-17)20-14-28-21(24-20)25-22-12-16-8-10-18(27-2)11-9-16/h3-14H,1-2H3,(H,24,25)/b22-12+. The van der Waals surface area contributed by atoms with Gasteiger partial charge < -0.3 is 4.74 Å². The van der Waals surface area contributed by atoms with Crippen LogP contribution in [0.1, 0.15) is 11.3 Å². The Morgan fingerprint density at radius 2 is 1.89 bits per heavy atom. The first kappa shape index (κ1) is 17.9. The second kappa shape index (κ2) is 8.06. The van der Waals surface area contributed by atoms with Gasteiger partial charge in [0.25, 0.3) is 0 Å². The summed E-state index contributed by atoms with van der Waals surface area (Å²) in [6.07, 6.45) is 3.60. The quantitative estimate of drug-likeness (QED) is 0.381. The average molecular weight is 389 g/mol. The minimum absolute atomic E-state index is 0.728. The number of ether oxygens (including phenoxy) is 1. The molecule has 0 aliphatic heterocycles. The van der Waals surface area contributed by atoms with Crippen molar-refractivity contribution in [1.82, 2.24) is 14.8 Å². The Balaban J connectivity index is 1.47. The van der Waals surface area contributed by atoms with Gasteiger partial charge in [-0.05, 0) is 48.9 Å². The van der Waals surface area contributed by atoms with E-state index in [-0.39, 0.29) is 0 Å². The lowest BCUT2D eigenvalue weighted by molar-refractivity contribution is 0.415. The highest BCUT2D eigenvalue weighted by atomic mass is 32.1. The van der Waals surface area contributed by atoms with Crippen LogP contribution in [-0.4, -0.2) is 28.1 Å². The topological polar surface area (TPSA) is 64.3 Å². The van der Waals surface area contributed by atoms with Gasteiger partial charge in [-0.1, -0.05) is 18.2 Å². The second-order valence-electron chi connectivity index (χ2n) is 6.07. The molecule has 0 bridgehead atoms. The number of anilines is 1. The van der Waals surface area contributed by atoms with Crippen molar-refractivity contribution in [3.05, 3.63) is 77.4 Å². The maximum atomic E-state index is 5.15. The summed E-state index contributed by atoms with van der Waals surface area (Å²) >= 11 is 1.51. The van der Waals surface area contributed by atoms with E-state index in [1.54, 1.807) is 13.3 Å². The molecule has 0 aliphatic rings. The molecule has 1 N–H and O–H groups in total. The molecular weight excluding hydrogens is 370 g/mol. The third-order valence-electron chi connectivity index (χ3n) is 4.28. The number of hydrogen-bond acceptors (Lipinski definition) is 6. The van der Waals surface area contributed by atoms with Crippen LogP contribution in [0.4, 0.5) is 5.13 Å². The van der Waals surface area contributed by atoms with Crippen molar-refractivity contribution < 1.29 is 4.74 Å². The van der Waals surface area contributed by atoms with Crippen LogP contribution in [-0.2, 0) is 0 Å². The Morgan fingerprint density at radius 3 is 2.64 bits per heavy atom. The Bertz CT molecular complexity index is 1080. The van der Waals surface area contributed by atoms with Crippen LogP contribution in [0, 0.1) is 6.92 Å². The van der Waals surface area contributed by atoms with Gasteiger partial charge in [0.15, 0.2) is 0 Å². The van der Waals surface area contributed by atoms with Gasteiger partial charge in [-0.25, -0.2) is 9.67 Å². The first-order chi connectivity index (χ1) is 13.7. The number of aromatic nitrogens is 3. The lowest BCUT2D eigenvalue weighted by Crippen LogP contribution is -1.98. The molecule has 0 saturated carbocycles. The maximum absolute atomic E-state index is 5.15. The van der Waals surface area contributed by atoms with Crippen LogP contribution in [0.25, 0.3) is 16.9 Å². The van der Waals surface area contributed by atoms with Crippen LogP contribution in [0.15, 0.2) is 71.3 Å². The molecule has 4 rings (SSSR count). The fraction of sp³-hybridized carbons (Fsp3) is 0.0952. The number of hydrazone groups is 1. The van der Waals surface area contributed by atoms with Crippen molar-refractivity contribution in [3.8, 4) is 22.7 Å². The number of methoxy groups -OCH3 is 1. The predicted octanol–water partition coefficient (Wildman–Crippen LogP) is 4.76. The van der Waals surface area contributed by atoms with Crippen LogP contribution >= 0.6 is 11.3 Å². The highest BCUT2D eigenvalue weighted by Gasteiger charge is 2.12. The van der Waals surface area contributed by atoms with Gasteiger partial charge in [-0.15, -0.1) is 11.3 Å². The van der Waals surface area contributed by atoms with Gasteiger partial charge in [0, 0.05) is 10.9 Å². The summed E-state index contributed by atoms with van der Waals surface area (Å²) in [6, 6.07) is 17.7. The largest absolute Gasteiger partial charge is 0.497 e. The lowest BCUT2D eigenvalue weighted by Gasteiger charge is -2.04. The molecule has 28 heavy (non-hydrogen) atoms. The number of para-hydroxylation sites is 1. The molecule has 0 radical (unpaired) electrons. The minimum atomic E-state index is 0.728. The van der Waals surface area contributed by atoms with Crippen LogP contribution in [0.3, 0.4) is 0 Å². The van der Waals surface area contributed by atoms with Gasteiger partial charge in [-0.3, -0.25) is 5.43 Å². The summed E-state index contributed by atoms with van der Waals surface area (Å²) in [5.74, 6) is 0.820. The molecule has 2 heterocycles. The first-order valence-corrected chi connectivity index (χ1v) is 9.61. The van der Waals surface area contributed by atoms with Gasteiger partial charge >= 0.3 is 0 Å². The summed E-state index contributed by atoms with van der Waals surface area (Å²) in [7, 11) is 1.65. The molecule has 0 amide bonds. The van der Waals surface area contributed by atoms with Crippen molar-refractivity contribution in [3.63, 3.8) is 0 Å². The van der Waals surface area contributed by atoms with Crippen LogP contribution < -0.4 is 10.2 Å². The molecule has 0 atom stereocenters. The fourth-order valence-electron chi connectivity index (χ4n) is 2.79. The first-order valence-electron chi connectivity index (χ1n) is 8.73. The highest BCUT2D eigenvalue weighted by Crippen LogP contribution is 2.28. The third kappa shape index (κ3) is 3.79. The Labute approximate surface area is 167 Å². The smallest absolute Gasteiger partial charge is 0.203 e. The molecule has 2 aromatic carbocycles. The van der Waals surface area contributed by atoms with E-state index in [1.165, 1.54) is 11.3 Å². The fourth-order valence-corrected chi connectivity index (χ4v) is 3.45. The number of rotatable bonds is 6. The molecule has 2 aromatic heterocycles.